The lowest BCUT2D eigenvalue weighted by Crippen LogP contribution is -2.44. The summed E-state index contributed by atoms with van der Waals surface area (Å²) < 4.78 is 0. The van der Waals surface area contributed by atoms with Crippen molar-refractivity contribution in [2.45, 2.75) is 50.7 Å². The quantitative estimate of drug-likeness (QED) is 0.850. The average molecular weight is 244 g/mol. The van der Waals surface area contributed by atoms with E-state index in [2.05, 4.69) is 34.9 Å². The van der Waals surface area contributed by atoms with Crippen LogP contribution in [0.1, 0.15) is 36.8 Å². The maximum atomic E-state index is 11.9. The summed E-state index contributed by atoms with van der Waals surface area (Å²) in [5, 5.41) is 6.56. The molecule has 96 valence electrons. The second-order valence-corrected chi connectivity index (χ2v) is 5.45. The summed E-state index contributed by atoms with van der Waals surface area (Å²) in [4.78, 5) is 11.9. The lowest BCUT2D eigenvalue weighted by molar-refractivity contribution is -0.122. The van der Waals surface area contributed by atoms with Crippen LogP contribution in [0.2, 0.25) is 0 Å². The van der Waals surface area contributed by atoms with Gasteiger partial charge in [-0.1, -0.05) is 24.3 Å². The molecule has 1 fully saturated rings. The van der Waals surface area contributed by atoms with Crippen LogP contribution in [0, 0.1) is 0 Å². The van der Waals surface area contributed by atoms with Crippen molar-refractivity contribution in [1.82, 2.24) is 10.6 Å². The van der Waals surface area contributed by atoms with E-state index in [4.69, 9.17) is 0 Å². The predicted octanol–water partition coefficient (Wildman–Crippen LogP) is 1.76. The van der Waals surface area contributed by atoms with Crippen LogP contribution in [-0.2, 0) is 17.8 Å². The van der Waals surface area contributed by atoms with Gasteiger partial charge in [0.2, 0.25) is 5.91 Å². The minimum Gasteiger partial charge on any atom is -0.353 e. The van der Waals surface area contributed by atoms with Gasteiger partial charge in [0.05, 0.1) is 0 Å². The summed E-state index contributed by atoms with van der Waals surface area (Å²) in [6.45, 7) is 0.886. The Morgan fingerprint density at radius 1 is 1.28 bits per heavy atom. The third-order valence-corrected chi connectivity index (χ3v) is 4.07. The van der Waals surface area contributed by atoms with Crippen molar-refractivity contribution < 1.29 is 4.79 Å². The monoisotopic (exact) mass is 244 g/mol. The Kier molecular flexibility index (Phi) is 3.33. The number of hydrogen-bond acceptors (Lipinski definition) is 2. The second-order valence-electron chi connectivity index (χ2n) is 5.45. The van der Waals surface area contributed by atoms with Gasteiger partial charge in [-0.05, 0) is 36.8 Å². The van der Waals surface area contributed by atoms with Gasteiger partial charge in [-0.2, -0.15) is 0 Å². The minimum absolute atomic E-state index is 0.205. The topological polar surface area (TPSA) is 41.1 Å². The molecule has 2 N–H and O–H groups in total. The number of carbonyl (C=O) groups is 1. The Labute approximate surface area is 108 Å². The molecule has 1 aliphatic heterocycles. The first-order valence-corrected chi connectivity index (χ1v) is 6.91. The van der Waals surface area contributed by atoms with Crippen LogP contribution in [-0.4, -0.2) is 18.0 Å². The maximum Gasteiger partial charge on any atom is 0.221 e. The Morgan fingerprint density at radius 2 is 2.06 bits per heavy atom. The van der Waals surface area contributed by atoms with Crippen LogP contribution in [0.4, 0.5) is 0 Å². The molecule has 3 nitrogen and oxygen atoms in total. The molecule has 0 spiro atoms. The van der Waals surface area contributed by atoms with Gasteiger partial charge in [0.15, 0.2) is 0 Å². The molecule has 3 rings (SSSR count). The largest absolute Gasteiger partial charge is 0.353 e. The molecule has 1 aliphatic carbocycles. The van der Waals surface area contributed by atoms with Gasteiger partial charge in [0.25, 0.3) is 0 Å². The van der Waals surface area contributed by atoms with Gasteiger partial charge in [-0.3, -0.25) is 4.79 Å². The third-order valence-electron chi connectivity index (χ3n) is 4.07. The molecule has 1 saturated carbocycles. The van der Waals surface area contributed by atoms with Crippen LogP contribution >= 0.6 is 0 Å². The average Bonchev–Trinajstić information content (AvgIpc) is 2.34. The van der Waals surface area contributed by atoms with Crippen LogP contribution in [0.3, 0.4) is 0 Å². The SMILES string of the molecule is O=C(CC1Cc2ccccc2CN1)NC1CCC1. The Morgan fingerprint density at radius 3 is 2.78 bits per heavy atom. The standard InChI is InChI=1S/C15H20N2O/c18-15(17-13-6-3-7-13)9-14-8-11-4-1-2-5-12(11)10-16-14/h1-2,4-5,13-14,16H,3,6-10H2,(H,17,18). The molecular weight excluding hydrogens is 224 g/mol. The van der Waals surface area contributed by atoms with E-state index in [9.17, 15) is 4.79 Å². The molecule has 3 heteroatoms. The van der Waals surface area contributed by atoms with Gasteiger partial charge < -0.3 is 10.6 Å². The van der Waals surface area contributed by atoms with Crippen molar-refractivity contribution in [3.63, 3.8) is 0 Å². The molecule has 1 atom stereocenters. The van der Waals surface area contributed by atoms with Gasteiger partial charge >= 0.3 is 0 Å². The van der Waals surface area contributed by atoms with E-state index in [0.717, 1.165) is 25.8 Å². The highest BCUT2D eigenvalue weighted by Gasteiger charge is 2.23. The Hall–Kier alpha value is -1.35. The number of carbonyl (C=O) groups excluding carboxylic acids is 1. The van der Waals surface area contributed by atoms with Crippen LogP contribution in [0.5, 0.6) is 0 Å². The smallest absolute Gasteiger partial charge is 0.221 e. The lowest BCUT2D eigenvalue weighted by atomic mass is 9.92. The number of fused-ring (bicyclic) bond motifs is 1. The number of nitrogens with one attached hydrogen (secondary N) is 2. The Bertz CT molecular complexity index is 440. The van der Waals surface area contributed by atoms with E-state index in [1.165, 1.54) is 17.5 Å². The molecule has 0 saturated heterocycles. The van der Waals surface area contributed by atoms with Gasteiger partial charge in [0.1, 0.15) is 0 Å². The number of rotatable bonds is 3. The van der Waals surface area contributed by atoms with Crippen molar-refractivity contribution in [3.8, 4) is 0 Å². The molecule has 2 aliphatic rings. The zero-order chi connectivity index (χ0) is 12.4. The van der Waals surface area contributed by atoms with Crippen molar-refractivity contribution in [2.75, 3.05) is 0 Å². The summed E-state index contributed by atoms with van der Waals surface area (Å²) in [7, 11) is 0. The molecule has 1 aromatic rings. The second kappa shape index (κ2) is 5.11. The molecule has 1 heterocycles. The first-order chi connectivity index (χ1) is 8.81. The molecular formula is C15H20N2O. The Balaban J connectivity index is 1.54. The van der Waals surface area contributed by atoms with Crippen LogP contribution in [0.25, 0.3) is 0 Å². The van der Waals surface area contributed by atoms with E-state index >= 15 is 0 Å². The fourth-order valence-corrected chi connectivity index (χ4v) is 2.73. The summed E-state index contributed by atoms with van der Waals surface area (Å²) in [6, 6.07) is 9.23. The number of hydrogen-bond donors (Lipinski definition) is 2. The van der Waals surface area contributed by atoms with Crippen LogP contribution in [0.15, 0.2) is 24.3 Å². The molecule has 18 heavy (non-hydrogen) atoms. The fourth-order valence-electron chi connectivity index (χ4n) is 2.73. The molecule has 0 aromatic heterocycles. The van der Waals surface area contributed by atoms with Gasteiger partial charge in [-0.15, -0.1) is 0 Å². The minimum atomic E-state index is 0.205. The molecule has 1 aromatic carbocycles. The summed E-state index contributed by atoms with van der Waals surface area (Å²) in [5.41, 5.74) is 2.76. The molecule has 0 bridgehead atoms. The van der Waals surface area contributed by atoms with Crippen molar-refractivity contribution >= 4 is 5.91 Å². The van der Waals surface area contributed by atoms with Crippen molar-refractivity contribution in [1.29, 1.82) is 0 Å². The highest BCUT2D eigenvalue weighted by Crippen LogP contribution is 2.20. The van der Waals surface area contributed by atoms with E-state index < -0.39 is 0 Å². The molecule has 1 unspecified atom stereocenters. The normalized spacial score (nSPS) is 23.0. The number of benzene rings is 1. The zero-order valence-electron chi connectivity index (χ0n) is 10.6. The highest BCUT2D eigenvalue weighted by molar-refractivity contribution is 5.77. The summed E-state index contributed by atoms with van der Waals surface area (Å²) in [6.07, 6.45) is 5.15. The van der Waals surface area contributed by atoms with E-state index in [1.54, 1.807) is 0 Å². The first-order valence-electron chi connectivity index (χ1n) is 6.91. The molecule has 0 radical (unpaired) electrons. The number of amides is 1. The maximum absolute atomic E-state index is 11.9. The highest BCUT2D eigenvalue weighted by atomic mass is 16.1. The summed E-state index contributed by atoms with van der Waals surface area (Å²) >= 11 is 0. The lowest BCUT2D eigenvalue weighted by Gasteiger charge is -2.29. The van der Waals surface area contributed by atoms with Crippen molar-refractivity contribution in [2.24, 2.45) is 0 Å². The van der Waals surface area contributed by atoms with E-state index in [-0.39, 0.29) is 5.91 Å². The van der Waals surface area contributed by atoms with Crippen molar-refractivity contribution in [3.05, 3.63) is 35.4 Å². The third kappa shape index (κ3) is 2.56. The summed E-state index contributed by atoms with van der Waals surface area (Å²) in [5.74, 6) is 0.205. The van der Waals surface area contributed by atoms with Gasteiger partial charge in [0, 0.05) is 25.0 Å². The van der Waals surface area contributed by atoms with E-state index in [1.807, 2.05) is 0 Å². The van der Waals surface area contributed by atoms with Gasteiger partial charge in [-0.25, -0.2) is 0 Å². The van der Waals surface area contributed by atoms with E-state index in [0.29, 0.717) is 18.5 Å². The molecule has 1 amide bonds. The first kappa shape index (κ1) is 11.7. The van der Waals surface area contributed by atoms with Crippen LogP contribution < -0.4 is 10.6 Å². The fraction of sp³-hybridized carbons (Fsp3) is 0.533. The predicted molar refractivity (Wildman–Crippen MR) is 71.2 cm³/mol. The zero-order valence-corrected chi connectivity index (χ0v) is 10.6.